The molecular formula is C12H20O. The van der Waals surface area contributed by atoms with Crippen molar-refractivity contribution in [3.05, 3.63) is 0 Å². The predicted octanol–water partition coefficient (Wildman–Crippen LogP) is 3.42. The van der Waals surface area contributed by atoms with Gasteiger partial charge in [-0.15, -0.1) is 0 Å². The van der Waals surface area contributed by atoms with E-state index in [2.05, 4.69) is 0 Å². The van der Waals surface area contributed by atoms with Crippen LogP contribution in [-0.2, 0) is 4.74 Å². The maximum atomic E-state index is 6.17. The molecule has 1 aliphatic heterocycles. The minimum atomic E-state index is 0.395. The van der Waals surface area contributed by atoms with Crippen LogP contribution in [0.15, 0.2) is 0 Å². The zero-order valence-electron chi connectivity index (χ0n) is 8.48. The van der Waals surface area contributed by atoms with Crippen molar-refractivity contribution in [3.8, 4) is 0 Å². The van der Waals surface area contributed by atoms with Gasteiger partial charge in [0.05, 0.1) is 11.2 Å². The van der Waals surface area contributed by atoms with Crippen LogP contribution in [-0.4, -0.2) is 11.2 Å². The molecule has 74 valence electrons. The Morgan fingerprint density at radius 1 is 0.538 bits per heavy atom. The van der Waals surface area contributed by atoms with Crippen LogP contribution in [0.1, 0.15) is 64.2 Å². The second-order valence-electron chi connectivity index (χ2n) is 5.21. The molecule has 2 spiro atoms. The van der Waals surface area contributed by atoms with Crippen LogP contribution in [0, 0.1) is 0 Å². The first-order chi connectivity index (χ1) is 6.37. The largest absolute Gasteiger partial charge is 0.363 e. The number of hydrogen-bond donors (Lipinski definition) is 0. The lowest BCUT2D eigenvalue weighted by molar-refractivity contribution is 0.206. The van der Waals surface area contributed by atoms with Gasteiger partial charge in [-0.25, -0.2) is 0 Å². The Morgan fingerprint density at radius 2 is 0.923 bits per heavy atom. The van der Waals surface area contributed by atoms with Gasteiger partial charge in [-0.2, -0.15) is 0 Å². The Morgan fingerprint density at radius 3 is 1.31 bits per heavy atom. The normalized spacial score (nSPS) is 35.1. The van der Waals surface area contributed by atoms with Crippen molar-refractivity contribution in [2.75, 3.05) is 0 Å². The number of hydrogen-bond acceptors (Lipinski definition) is 1. The van der Waals surface area contributed by atoms with E-state index in [-0.39, 0.29) is 0 Å². The van der Waals surface area contributed by atoms with Crippen molar-refractivity contribution in [2.24, 2.45) is 0 Å². The van der Waals surface area contributed by atoms with E-state index in [1.165, 1.54) is 64.2 Å². The number of epoxide rings is 1. The molecule has 1 heterocycles. The Kier molecular flexibility index (Phi) is 1.74. The maximum Gasteiger partial charge on any atom is 0.0980 e. The van der Waals surface area contributed by atoms with Crippen molar-refractivity contribution in [1.82, 2.24) is 0 Å². The summed E-state index contributed by atoms with van der Waals surface area (Å²) in [6, 6.07) is 0. The first kappa shape index (κ1) is 8.28. The molecule has 2 aliphatic carbocycles. The summed E-state index contributed by atoms with van der Waals surface area (Å²) in [4.78, 5) is 0. The fourth-order valence-electron chi connectivity index (χ4n) is 3.71. The summed E-state index contributed by atoms with van der Waals surface area (Å²) in [7, 11) is 0. The van der Waals surface area contributed by atoms with Crippen molar-refractivity contribution in [1.29, 1.82) is 0 Å². The second-order valence-corrected chi connectivity index (χ2v) is 5.21. The first-order valence-electron chi connectivity index (χ1n) is 6.07. The third-order valence-electron chi connectivity index (χ3n) is 4.50. The van der Waals surface area contributed by atoms with Crippen molar-refractivity contribution >= 4 is 0 Å². The lowest BCUT2D eigenvalue weighted by atomic mass is 9.73. The molecule has 3 rings (SSSR count). The van der Waals surface area contributed by atoms with E-state index in [1.807, 2.05) is 0 Å². The van der Waals surface area contributed by atoms with E-state index in [4.69, 9.17) is 4.74 Å². The maximum absolute atomic E-state index is 6.17. The van der Waals surface area contributed by atoms with Crippen LogP contribution < -0.4 is 0 Å². The van der Waals surface area contributed by atoms with E-state index in [1.54, 1.807) is 0 Å². The monoisotopic (exact) mass is 180 g/mol. The van der Waals surface area contributed by atoms with E-state index >= 15 is 0 Å². The van der Waals surface area contributed by atoms with Crippen LogP contribution in [0.25, 0.3) is 0 Å². The van der Waals surface area contributed by atoms with Crippen LogP contribution in [0.2, 0.25) is 0 Å². The molecule has 13 heavy (non-hydrogen) atoms. The molecule has 3 aliphatic rings. The van der Waals surface area contributed by atoms with Gasteiger partial charge in [0, 0.05) is 0 Å². The summed E-state index contributed by atoms with van der Waals surface area (Å²) in [5.41, 5.74) is 0.789. The lowest BCUT2D eigenvalue weighted by Crippen LogP contribution is -2.30. The molecule has 0 unspecified atom stereocenters. The van der Waals surface area contributed by atoms with Gasteiger partial charge in [-0.1, -0.05) is 38.5 Å². The van der Waals surface area contributed by atoms with Gasteiger partial charge in [-0.3, -0.25) is 0 Å². The van der Waals surface area contributed by atoms with Gasteiger partial charge in [-0.05, 0) is 25.7 Å². The lowest BCUT2D eigenvalue weighted by Gasteiger charge is -2.26. The third kappa shape index (κ3) is 1.09. The SMILES string of the molecule is C1CCC2(CC1)OC21CCCCC1. The second kappa shape index (κ2) is 2.73. The number of fused-ring (bicyclic) bond motifs is 1. The highest BCUT2D eigenvalue weighted by molar-refractivity contribution is 5.17. The average Bonchev–Trinajstić information content (AvgIpc) is 2.74. The van der Waals surface area contributed by atoms with Gasteiger partial charge in [0.25, 0.3) is 0 Å². The summed E-state index contributed by atoms with van der Waals surface area (Å²) in [6.45, 7) is 0. The number of ether oxygens (including phenoxy) is 1. The molecule has 0 bridgehead atoms. The molecule has 0 N–H and O–H groups in total. The third-order valence-corrected chi connectivity index (χ3v) is 4.50. The molecule has 0 amide bonds. The van der Waals surface area contributed by atoms with Gasteiger partial charge in [0.2, 0.25) is 0 Å². The Bertz CT molecular complexity index is 175. The summed E-state index contributed by atoms with van der Waals surface area (Å²) in [6.07, 6.45) is 14.0. The topological polar surface area (TPSA) is 12.5 Å². The highest BCUT2D eigenvalue weighted by atomic mass is 16.6. The molecule has 0 radical (unpaired) electrons. The quantitative estimate of drug-likeness (QED) is 0.520. The standard InChI is InChI=1S/C12H20O/c1-3-7-11(8-4-1)12(13-11)9-5-2-6-10-12/h1-10H2. The van der Waals surface area contributed by atoms with Crippen LogP contribution >= 0.6 is 0 Å². The molecule has 1 nitrogen and oxygen atoms in total. The van der Waals surface area contributed by atoms with Crippen LogP contribution in [0.3, 0.4) is 0 Å². The van der Waals surface area contributed by atoms with E-state index in [9.17, 15) is 0 Å². The molecule has 0 aromatic rings. The van der Waals surface area contributed by atoms with E-state index in [0.717, 1.165) is 0 Å². The highest BCUT2D eigenvalue weighted by Crippen LogP contribution is 2.62. The fourth-order valence-corrected chi connectivity index (χ4v) is 3.71. The Labute approximate surface area is 80.8 Å². The molecule has 1 heteroatoms. The fraction of sp³-hybridized carbons (Fsp3) is 1.00. The molecule has 0 aromatic carbocycles. The molecule has 2 saturated carbocycles. The zero-order chi connectivity index (χ0) is 8.78. The van der Waals surface area contributed by atoms with Crippen molar-refractivity contribution < 1.29 is 4.74 Å². The van der Waals surface area contributed by atoms with E-state index < -0.39 is 0 Å². The molecular weight excluding hydrogens is 160 g/mol. The average molecular weight is 180 g/mol. The van der Waals surface area contributed by atoms with Gasteiger partial charge in [0.1, 0.15) is 0 Å². The molecule has 1 saturated heterocycles. The Balaban J connectivity index is 1.73. The highest BCUT2D eigenvalue weighted by Gasteiger charge is 2.68. The van der Waals surface area contributed by atoms with Crippen molar-refractivity contribution in [3.63, 3.8) is 0 Å². The van der Waals surface area contributed by atoms with Crippen molar-refractivity contribution in [2.45, 2.75) is 75.4 Å². The van der Waals surface area contributed by atoms with E-state index in [0.29, 0.717) is 11.2 Å². The molecule has 0 aromatic heterocycles. The first-order valence-corrected chi connectivity index (χ1v) is 6.07. The Hall–Kier alpha value is -0.0400. The van der Waals surface area contributed by atoms with Crippen LogP contribution in [0.5, 0.6) is 0 Å². The minimum Gasteiger partial charge on any atom is -0.363 e. The van der Waals surface area contributed by atoms with Gasteiger partial charge < -0.3 is 4.74 Å². The van der Waals surface area contributed by atoms with Gasteiger partial charge in [0.15, 0.2) is 0 Å². The van der Waals surface area contributed by atoms with Gasteiger partial charge >= 0.3 is 0 Å². The minimum absolute atomic E-state index is 0.395. The molecule has 3 fully saturated rings. The summed E-state index contributed by atoms with van der Waals surface area (Å²) < 4.78 is 6.17. The number of rotatable bonds is 0. The molecule has 0 atom stereocenters. The summed E-state index contributed by atoms with van der Waals surface area (Å²) >= 11 is 0. The van der Waals surface area contributed by atoms with Crippen LogP contribution in [0.4, 0.5) is 0 Å². The predicted molar refractivity (Wildman–Crippen MR) is 52.7 cm³/mol. The summed E-state index contributed by atoms with van der Waals surface area (Å²) in [5.74, 6) is 0. The smallest absolute Gasteiger partial charge is 0.0980 e. The zero-order valence-corrected chi connectivity index (χ0v) is 8.48. The summed E-state index contributed by atoms with van der Waals surface area (Å²) in [5, 5.41) is 0.